The van der Waals surface area contributed by atoms with Gasteiger partial charge in [0.15, 0.2) is 0 Å². The van der Waals surface area contributed by atoms with Crippen molar-refractivity contribution >= 4 is 35.1 Å². The predicted molar refractivity (Wildman–Crippen MR) is 106 cm³/mol. The van der Waals surface area contributed by atoms with Crippen LogP contribution in [0.2, 0.25) is 5.28 Å². The Labute approximate surface area is 168 Å². The van der Waals surface area contributed by atoms with E-state index in [0.29, 0.717) is 24.7 Å². The number of hydrogen-bond donors (Lipinski definition) is 0. The average molecular weight is 408 g/mol. The number of carbonyl (C=O) groups is 1. The summed E-state index contributed by atoms with van der Waals surface area (Å²) in [5.41, 5.74) is 1.25. The zero-order valence-electron chi connectivity index (χ0n) is 15.6. The maximum absolute atomic E-state index is 12.3. The lowest BCUT2D eigenvalue weighted by molar-refractivity contribution is 0.0818. The first-order valence-electron chi connectivity index (χ1n) is 8.63. The van der Waals surface area contributed by atoms with Crippen LogP contribution in [0.4, 0.5) is 5.82 Å². The predicted octanol–water partition coefficient (Wildman–Crippen LogP) is 2.74. The fraction of sp³-hybridized carbons (Fsp3) is 0.444. The molecule has 0 saturated carbocycles. The monoisotopic (exact) mass is 407 g/mol. The van der Waals surface area contributed by atoms with E-state index in [1.165, 1.54) is 16.7 Å². The highest BCUT2D eigenvalue weighted by Crippen LogP contribution is 2.27. The van der Waals surface area contributed by atoms with Gasteiger partial charge in [0.2, 0.25) is 5.28 Å². The summed E-state index contributed by atoms with van der Waals surface area (Å²) in [6.07, 6.45) is 1.63. The minimum Gasteiger partial charge on any atom is -0.377 e. The lowest BCUT2D eigenvalue weighted by atomic mass is 10.2. The third-order valence-corrected chi connectivity index (χ3v) is 5.40. The lowest BCUT2D eigenvalue weighted by Gasteiger charge is -2.34. The zero-order chi connectivity index (χ0) is 19.4. The third-order valence-electron chi connectivity index (χ3n) is 4.16. The van der Waals surface area contributed by atoms with E-state index in [1.807, 2.05) is 18.2 Å². The number of ether oxygens (including phenoxy) is 1. The van der Waals surface area contributed by atoms with Crippen LogP contribution in [-0.2, 0) is 10.5 Å². The highest BCUT2D eigenvalue weighted by Gasteiger charge is 2.21. The molecule has 3 rings (SSSR count). The number of rotatable bonds is 5. The van der Waals surface area contributed by atoms with Crippen molar-refractivity contribution in [1.29, 1.82) is 0 Å². The SMILES string of the molecule is C[C@H]1COCCN1c1cc(CSc2cccnc2C(=O)N(C)C)nc(Cl)n1. The van der Waals surface area contributed by atoms with Gasteiger partial charge in [-0.3, -0.25) is 4.79 Å². The van der Waals surface area contributed by atoms with Crippen LogP contribution in [0.1, 0.15) is 23.1 Å². The van der Waals surface area contributed by atoms with Crippen molar-refractivity contribution in [2.24, 2.45) is 0 Å². The van der Waals surface area contributed by atoms with Crippen LogP contribution in [0.25, 0.3) is 0 Å². The van der Waals surface area contributed by atoms with Crippen LogP contribution in [-0.4, -0.2) is 65.7 Å². The van der Waals surface area contributed by atoms with Gasteiger partial charge in [-0.1, -0.05) is 0 Å². The van der Waals surface area contributed by atoms with Gasteiger partial charge in [-0.2, -0.15) is 0 Å². The molecule has 0 spiro atoms. The Morgan fingerprint density at radius 3 is 3.00 bits per heavy atom. The molecular weight excluding hydrogens is 386 g/mol. The molecule has 0 radical (unpaired) electrons. The van der Waals surface area contributed by atoms with E-state index in [9.17, 15) is 4.79 Å². The van der Waals surface area contributed by atoms with E-state index in [4.69, 9.17) is 16.3 Å². The molecule has 2 aromatic heterocycles. The van der Waals surface area contributed by atoms with E-state index in [2.05, 4.69) is 26.8 Å². The van der Waals surface area contributed by atoms with Crippen molar-refractivity contribution in [2.75, 3.05) is 38.8 Å². The average Bonchev–Trinajstić information content (AvgIpc) is 2.66. The number of anilines is 1. The van der Waals surface area contributed by atoms with Crippen LogP contribution in [0.3, 0.4) is 0 Å². The lowest BCUT2D eigenvalue weighted by Crippen LogP contribution is -2.44. The maximum Gasteiger partial charge on any atom is 0.273 e. The van der Waals surface area contributed by atoms with Crippen molar-refractivity contribution in [3.63, 3.8) is 0 Å². The minimum absolute atomic E-state index is 0.123. The summed E-state index contributed by atoms with van der Waals surface area (Å²) in [7, 11) is 3.43. The molecule has 2 aromatic rings. The topological polar surface area (TPSA) is 71.5 Å². The number of thioether (sulfide) groups is 1. The smallest absolute Gasteiger partial charge is 0.273 e. The molecule has 1 fully saturated rings. The molecule has 1 amide bonds. The summed E-state index contributed by atoms with van der Waals surface area (Å²) in [5, 5.41) is 0.220. The van der Waals surface area contributed by atoms with Gasteiger partial charge >= 0.3 is 0 Å². The van der Waals surface area contributed by atoms with Gasteiger partial charge in [-0.25, -0.2) is 15.0 Å². The second kappa shape index (κ2) is 8.86. The normalized spacial score (nSPS) is 17.0. The number of hydrogen-bond acceptors (Lipinski definition) is 7. The Morgan fingerprint density at radius 1 is 1.44 bits per heavy atom. The fourth-order valence-corrected chi connectivity index (χ4v) is 3.87. The Balaban J connectivity index is 1.78. The van der Waals surface area contributed by atoms with E-state index in [1.54, 1.807) is 20.3 Å². The van der Waals surface area contributed by atoms with Crippen molar-refractivity contribution in [1.82, 2.24) is 19.9 Å². The molecule has 0 aromatic carbocycles. The molecule has 1 saturated heterocycles. The van der Waals surface area contributed by atoms with Crippen molar-refractivity contribution in [3.05, 3.63) is 41.1 Å². The summed E-state index contributed by atoms with van der Waals surface area (Å²) in [6, 6.07) is 5.89. The molecule has 0 N–H and O–H groups in total. The quantitative estimate of drug-likeness (QED) is 0.557. The van der Waals surface area contributed by atoms with Crippen molar-refractivity contribution in [2.45, 2.75) is 23.6 Å². The Hall–Kier alpha value is -1.90. The molecular formula is C18H22ClN5O2S. The van der Waals surface area contributed by atoms with Gasteiger partial charge in [0.25, 0.3) is 5.91 Å². The van der Waals surface area contributed by atoms with Gasteiger partial charge in [0.05, 0.1) is 24.9 Å². The molecule has 1 aliphatic heterocycles. The van der Waals surface area contributed by atoms with Crippen LogP contribution < -0.4 is 4.90 Å². The fourth-order valence-electron chi connectivity index (χ4n) is 2.77. The number of aromatic nitrogens is 3. The highest BCUT2D eigenvalue weighted by molar-refractivity contribution is 7.98. The van der Waals surface area contributed by atoms with Crippen LogP contribution >= 0.6 is 23.4 Å². The minimum atomic E-state index is -0.123. The van der Waals surface area contributed by atoms with Gasteiger partial charge in [-0.05, 0) is 30.7 Å². The van der Waals surface area contributed by atoms with E-state index >= 15 is 0 Å². The largest absolute Gasteiger partial charge is 0.377 e. The van der Waals surface area contributed by atoms with Crippen LogP contribution in [0.5, 0.6) is 0 Å². The number of morpholine rings is 1. The molecule has 144 valence electrons. The second-order valence-corrected chi connectivity index (χ2v) is 7.80. The van der Waals surface area contributed by atoms with Gasteiger partial charge in [0.1, 0.15) is 11.5 Å². The standard InChI is InChI=1S/C18H22ClN5O2S/c1-12-10-26-8-7-24(12)15-9-13(21-18(19)22-15)11-27-14-5-4-6-20-16(14)17(25)23(2)3/h4-6,9,12H,7-8,10-11H2,1-3H3/t12-/m0/s1. The first-order chi connectivity index (χ1) is 13.0. The van der Waals surface area contributed by atoms with Gasteiger partial charge in [-0.15, -0.1) is 11.8 Å². The Morgan fingerprint density at radius 2 is 2.26 bits per heavy atom. The summed E-state index contributed by atoms with van der Waals surface area (Å²) in [5.74, 6) is 1.24. The van der Waals surface area contributed by atoms with Crippen LogP contribution in [0, 0.1) is 0 Å². The summed E-state index contributed by atoms with van der Waals surface area (Å²) < 4.78 is 5.49. The summed E-state index contributed by atoms with van der Waals surface area (Å²) in [6.45, 7) is 4.20. The number of amides is 1. The van der Waals surface area contributed by atoms with E-state index in [-0.39, 0.29) is 17.2 Å². The molecule has 3 heterocycles. The summed E-state index contributed by atoms with van der Waals surface area (Å²) >= 11 is 7.67. The number of halogens is 1. The molecule has 1 atom stereocenters. The first-order valence-corrected chi connectivity index (χ1v) is 9.99. The molecule has 7 nitrogen and oxygen atoms in total. The van der Waals surface area contributed by atoms with Crippen molar-refractivity contribution < 1.29 is 9.53 Å². The summed E-state index contributed by atoms with van der Waals surface area (Å²) in [4.78, 5) is 29.8. The van der Waals surface area contributed by atoms with E-state index < -0.39 is 0 Å². The molecule has 1 aliphatic rings. The zero-order valence-corrected chi connectivity index (χ0v) is 17.1. The van der Waals surface area contributed by atoms with Crippen LogP contribution in [0.15, 0.2) is 29.3 Å². The number of nitrogens with zero attached hydrogens (tertiary/aromatic N) is 5. The molecule has 27 heavy (non-hydrogen) atoms. The molecule has 0 bridgehead atoms. The van der Waals surface area contributed by atoms with Crippen molar-refractivity contribution in [3.8, 4) is 0 Å². The van der Waals surface area contributed by atoms with Gasteiger partial charge in [0, 0.05) is 43.6 Å². The second-order valence-electron chi connectivity index (χ2n) is 6.44. The molecule has 0 unspecified atom stereocenters. The molecule has 0 aliphatic carbocycles. The first kappa shape index (κ1) is 19.9. The Bertz CT molecular complexity index is 820. The van der Waals surface area contributed by atoms with Gasteiger partial charge < -0.3 is 14.5 Å². The maximum atomic E-state index is 12.3. The third kappa shape index (κ3) is 4.88. The van der Waals surface area contributed by atoms with E-state index in [0.717, 1.165) is 23.0 Å². The number of carbonyl (C=O) groups excluding carboxylic acids is 1. The Kier molecular flexibility index (Phi) is 6.51. The molecule has 9 heteroatoms. The number of pyridine rings is 1. The highest BCUT2D eigenvalue weighted by atomic mass is 35.5.